The SMILES string of the molecule is CCN1CCC[C@H]1CN(Cc1nn(C)cc1Cl)C(=O)c1ccccn1. The zero-order chi connectivity index (χ0) is 17.8. The highest BCUT2D eigenvalue weighted by Crippen LogP contribution is 2.21. The number of carbonyl (C=O) groups excluding carboxylic acids is 1. The molecule has 0 N–H and O–H groups in total. The maximum Gasteiger partial charge on any atom is 0.272 e. The van der Waals surface area contributed by atoms with Gasteiger partial charge in [0.2, 0.25) is 0 Å². The van der Waals surface area contributed by atoms with Crippen molar-refractivity contribution in [2.24, 2.45) is 7.05 Å². The highest BCUT2D eigenvalue weighted by atomic mass is 35.5. The molecule has 1 saturated heterocycles. The van der Waals surface area contributed by atoms with Gasteiger partial charge < -0.3 is 4.90 Å². The average Bonchev–Trinajstić information content (AvgIpc) is 3.20. The summed E-state index contributed by atoms with van der Waals surface area (Å²) in [6, 6.07) is 5.77. The summed E-state index contributed by atoms with van der Waals surface area (Å²) < 4.78 is 1.68. The van der Waals surface area contributed by atoms with Gasteiger partial charge in [0, 0.05) is 32.0 Å². The van der Waals surface area contributed by atoms with Gasteiger partial charge in [0.25, 0.3) is 5.91 Å². The largest absolute Gasteiger partial charge is 0.330 e. The number of aromatic nitrogens is 3. The summed E-state index contributed by atoms with van der Waals surface area (Å²) in [7, 11) is 1.83. The van der Waals surface area contributed by atoms with E-state index in [9.17, 15) is 4.79 Å². The molecule has 0 spiro atoms. The molecule has 1 aliphatic rings. The molecule has 1 atom stereocenters. The number of pyridine rings is 1. The predicted molar refractivity (Wildman–Crippen MR) is 97.5 cm³/mol. The van der Waals surface area contributed by atoms with E-state index in [1.165, 1.54) is 6.42 Å². The average molecular weight is 362 g/mol. The second-order valence-corrected chi connectivity index (χ2v) is 6.83. The van der Waals surface area contributed by atoms with Crippen LogP contribution >= 0.6 is 11.6 Å². The molecule has 3 heterocycles. The molecule has 3 rings (SSSR count). The van der Waals surface area contributed by atoms with Gasteiger partial charge in [0.15, 0.2) is 0 Å². The van der Waals surface area contributed by atoms with Crippen LogP contribution in [0.1, 0.15) is 35.9 Å². The lowest BCUT2D eigenvalue weighted by Gasteiger charge is -2.30. The topological polar surface area (TPSA) is 54.3 Å². The second-order valence-electron chi connectivity index (χ2n) is 6.42. The van der Waals surface area contributed by atoms with Gasteiger partial charge in [-0.2, -0.15) is 5.10 Å². The fourth-order valence-corrected chi connectivity index (χ4v) is 3.68. The summed E-state index contributed by atoms with van der Waals surface area (Å²) in [5.41, 5.74) is 1.17. The van der Waals surface area contributed by atoms with Gasteiger partial charge in [-0.05, 0) is 38.1 Å². The molecule has 1 fully saturated rings. The molecular formula is C18H24ClN5O. The highest BCUT2D eigenvalue weighted by Gasteiger charge is 2.28. The summed E-state index contributed by atoms with van der Waals surface area (Å²) in [4.78, 5) is 21.5. The van der Waals surface area contributed by atoms with Crippen LogP contribution in [-0.2, 0) is 13.6 Å². The van der Waals surface area contributed by atoms with Crippen LogP contribution in [0.3, 0.4) is 0 Å². The lowest BCUT2D eigenvalue weighted by molar-refractivity contribution is 0.0683. The normalized spacial score (nSPS) is 17.8. The number of halogens is 1. The third-order valence-electron chi connectivity index (χ3n) is 4.70. The first kappa shape index (κ1) is 17.9. The molecule has 1 amide bonds. The first-order chi connectivity index (χ1) is 12.1. The zero-order valence-corrected chi connectivity index (χ0v) is 15.5. The van der Waals surface area contributed by atoms with Crippen molar-refractivity contribution in [3.63, 3.8) is 0 Å². The quantitative estimate of drug-likeness (QED) is 0.793. The number of nitrogens with zero attached hydrogens (tertiary/aromatic N) is 5. The number of likely N-dealkylation sites (N-methyl/N-ethyl adjacent to an activating group) is 1. The van der Waals surface area contributed by atoms with Gasteiger partial charge in [-0.1, -0.05) is 24.6 Å². The van der Waals surface area contributed by atoms with Crippen LogP contribution in [0.2, 0.25) is 5.02 Å². The molecule has 0 bridgehead atoms. The van der Waals surface area contributed by atoms with Crippen LogP contribution in [-0.4, -0.2) is 56.1 Å². The van der Waals surface area contributed by atoms with E-state index in [4.69, 9.17) is 11.6 Å². The lowest BCUT2D eigenvalue weighted by Crippen LogP contribution is -2.43. The molecule has 0 saturated carbocycles. The van der Waals surface area contributed by atoms with Crippen LogP contribution in [0, 0.1) is 0 Å². The number of amides is 1. The Hall–Kier alpha value is -1.92. The minimum absolute atomic E-state index is 0.0785. The fourth-order valence-electron chi connectivity index (χ4n) is 3.44. The molecule has 0 aromatic carbocycles. The minimum Gasteiger partial charge on any atom is -0.330 e. The number of carbonyl (C=O) groups is 1. The Morgan fingerprint density at radius 1 is 1.44 bits per heavy atom. The van der Waals surface area contributed by atoms with Crippen molar-refractivity contribution in [2.45, 2.75) is 32.4 Å². The molecule has 0 radical (unpaired) electrons. The Bertz CT molecular complexity index is 718. The first-order valence-electron chi connectivity index (χ1n) is 8.71. The van der Waals surface area contributed by atoms with Crippen LogP contribution in [0.4, 0.5) is 0 Å². The lowest BCUT2D eigenvalue weighted by atomic mass is 10.2. The van der Waals surface area contributed by atoms with Crippen molar-refractivity contribution in [3.8, 4) is 0 Å². The van der Waals surface area contributed by atoms with E-state index < -0.39 is 0 Å². The van der Waals surface area contributed by atoms with Gasteiger partial charge in [0.05, 0.1) is 11.6 Å². The maximum atomic E-state index is 13.0. The summed E-state index contributed by atoms with van der Waals surface area (Å²) in [6.45, 7) is 5.32. The highest BCUT2D eigenvalue weighted by molar-refractivity contribution is 6.31. The van der Waals surface area contributed by atoms with E-state index in [1.807, 2.05) is 24.1 Å². The van der Waals surface area contributed by atoms with Gasteiger partial charge in [-0.25, -0.2) is 0 Å². The number of aryl methyl sites for hydroxylation is 1. The summed E-state index contributed by atoms with van der Waals surface area (Å²) in [5, 5.41) is 4.98. The van der Waals surface area contributed by atoms with Crippen molar-refractivity contribution >= 4 is 17.5 Å². The molecule has 0 unspecified atom stereocenters. The molecule has 7 heteroatoms. The Labute approximate surface area is 153 Å². The summed E-state index contributed by atoms with van der Waals surface area (Å²) >= 11 is 6.27. The monoisotopic (exact) mass is 361 g/mol. The van der Waals surface area contributed by atoms with Gasteiger partial charge >= 0.3 is 0 Å². The van der Waals surface area contributed by atoms with Gasteiger partial charge in [-0.15, -0.1) is 0 Å². The first-order valence-corrected chi connectivity index (χ1v) is 9.08. The maximum absolute atomic E-state index is 13.0. The molecule has 0 aliphatic carbocycles. The third kappa shape index (κ3) is 4.19. The molecule has 2 aromatic rings. The zero-order valence-electron chi connectivity index (χ0n) is 14.7. The molecule has 1 aliphatic heterocycles. The van der Waals surface area contributed by atoms with E-state index in [2.05, 4.69) is 21.9 Å². The summed E-state index contributed by atoms with van der Waals surface area (Å²) in [6.07, 6.45) is 5.69. The standard InChI is InChI=1S/C18H24ClN5O/c1-3-23-10-6-7-14(23)11-24(13-17-15(19)12-22(2)21-17)18(25)16-8-4-5-9-20-16/h4-5,8-9,12,14H,3,6-7,10-11,13H2,1-2H3/t14-/m0/s1. The Balaban J connectivity index is 1.82. The van der Waals surface area contributed by atoms with E-state index in [1.54, 1.807) is 23.1 Å². The van der Waals surface area contributed by atoms with E-state index in [-0.39, 0.29) is 5.91 Å². The van der Waals surface area contributed by atoms with Crippen LogP contribution in [0.25, 0.3) is 0 Å². The minimum atomic E-state index is -0.0785. The second kappa shape index (κ2) is 7.97. The van der Waals surface area contributed by atoms with Crippen molar-refractivity contribution in [2.75, 3.05) is 19.6 Å². The number of rotatable bonds is 6. The van der Waals surface area contributed by atoms with Crippen molar-refractivity contribution in [1.29, 1.82) is 0 Å². The molecule has 2 aromatic heterocycles. The smallest absolute Gasteiger partial charge is 0.272 e. The van der Waals surface area contributed by atoms with Crippen LogP contribution < -0.4 is 0 Å². The number of hydrogen-bond donors (Lipinski definition) is 0. The number of hydrogen-bond acceptors (Lipinski definition) is 4. The molecular weight excluding hydrogens is 338 g/mol. The van der Waals surface area contributed by atoms with Crippen LogP contribution in [0.15, 0.2) is 30.6 Å². The molecule has 25 heavy (non-hydrogen) atoms. The Kier molecular flexibility index (Phi) is 5.71. The number of likely N-dealkylation sites (tertiary alicyclic amines) is 1. The van der Waals surface area contributed by atoms with Crippen molar-refractivity contribution in [1.82, 2.24) is 24.6 Å². The van der Waals surface area contributed by atoms with E-state index >= 15 is 0 Å². The third-order valence-corrected chi connectivity index (χ3v) is 5.02. The van der Waals surface area contributed by atoms with Gasteiger partial charge in [0.1, 0.15) is 11.4 Å². The molecule has 134 valence electrons. The Morgan fingerprint density at radius 2 is 2.28 bits per heavy atom. The predicted octanol–water partition coefficient (Wildman–Crippen LogP) is 2.60. The Morgan fingerprint density at radius 3 is 2.92 bits per heavy atom. The van der Waals surface area contributed by atoms with Crippen molar-refractivity contribution < 1.29 is 4.79 Å². The van der Waals surface area contributed by atoms with Gasteiger partial charge in [-0.3, -0.25) is 19.4 Å². The van der Waals surface area contributed by atoms with Crippen molar-refractivity contribution in [3.05, 3.63) is 47.0 Å². The molecule has 6 nitrogen and oxygen atoms in total. The van der Waals surface area contributed by atoms with E-state index in [0.29, 0.717) is 29.8 Å². The fraction of sp³-hybridized carbons (Fsp3) is 0.500. The van der Waals surface area contributed by atoms with Crippen LogP contribution in [0.5, 0.6) is 0 Å². The van der Waals surface area contributed by atoms with E-state index in [0.717, 1.165) is 25.2 Å². The summed E-state index contributed by atoms with van der Waals surface area (Å²) in [5.74, 6) is -0.0785.